The van der Waals surface area contributed by atoms with Crippen LogP contribution in [0, 0.1) is 6.08 Å². The van der Waals surface area contributed by atoms with Crippen molar-refractivity contribution in [1.82, 2.24) is 14.8 Å². The number of nitrogens with zero attached hydrogens (tertiary/aromatic N) is 3. The standard InChI is InChI=1S/C11H8N3.C7H9.2ClH.Zr/c1-2-4-10-6-11(5-9(10)3-1)14-7-12-13-8-14;1-6-4-3-5-7(6)2;;;/h1-8H;4H,3H2,1-2H3;2*1H;/q2*-1;;;+4/p-2. The average Bonchev–Trinajstić information content (AvgIpc) is 3.21. The van der Waals surface area contributed by atoms with E-state index >= 15 is 0 Å². The molecule has 6 heteroatoms. The van der Waals surface area contributed by atoms with Crippen LogP contribution in [0.1, 0.15) is 20.3 Å². The van der Waals surface area contributed by atoms with Crippen molar-refractivity contribution >= 4 is 10.8 Å². The largest absolute Gasteiger partial charge is 4.00 e. The SMILES string of the molecule is CC1=[C-]CC=C1C.[Cl-].[Cl-].[Zr+4].c1ccc2[cH-]c(-n3cnnc3)cc2c1. The second-order valence-electron chi connectivity index (χ2n) is 5.10. The molecular weight excluding hydrogens is 420 g/mol. The molecule has 0 unspecified atom stereocenters. The summed E-state index contributed by atoms with van der Waals surface area (Å²) in [5, 5.41) is 10.1. The summed E-state index contributed by atoms with van der Waals surface area (Å²) in [6.45, 7) is 4.22. The number of allylic oxidation sites excluding steroid dienone is 4. The molecule has 0 aliphatic heterocycles. The fourth-order valence-corrected chi connectivity index (χ4v) is 2.27. The van der Waals surface area contributed by atoms with Gasteiger partial charge in [-0.15, -0.1) is 64.6 Å². The number of fused-ring (bicyclic) bond motifs is 1. The predicted octanol–water partition coefficient (Wildman–Crippen LogP) is -1.77. The van der Waals surface area contributed by atoms with Crippen molar-refractivity contribution in [2.75, 3.05) is 0 Å². The van der Waals surface area contributed by atoms with Crippen LogP contribution in [0.25, 0.3) is 16.5 Å². The first kappa shape index (κ1) is 22.9. The monoisotopic (exact) mass is 435 g/mol. The summed E-state index contributed by atoms with van der Waals surface area (Å²) in [6.07, 6.45) is 9.81. The van der Waals surface area contributed by atoms with E-state index in [0.29, 0.717) is 0 Å². The van der Waals surface area contributed by atoms with Crippen molar-refractivity contribution in [3.8, 4) is 5.69 Å². The van der Waals surface area contributed by atoms with E-state index in [1.165, 1.54) is 21.9 Å². The average molecular weight is 437 g/mol. The van der Waals surface area contributed by atoms with Crippen LogP contribution in [-0.2, 0) is 26.2 Å². The van der Waals surface area contributed by atoms with Gasteiger partial charge in [0.15, 0.2) is 0 Å². The quantitative estimate of drug-likeness (QED) is 0.422. The van der Waals surface area contributed by atoms with Crippen molar-refractivity contribution in [2.24, 2.45) is 0 Å². The Labute approximate surface area is 174 Å². The summed E-state index contributed by atoms with van der Waals surface area (Å²) in [7, 11) is 0. The molecule has 3 aromatic rings. The Balaban J connectivity index is 0.000000463. The zero-order valence-electron chi connectivity index (χ0n) is 13.5. The second-order valence-corrected chi connectivity index (χ2v) is 5.10. The predicted molar refractivity (Wildman–Crippen MR) is 85.3 cm³/mol. The fraction of sp³-hybridized carbons (Fsp3) is 0.167. The van der Waals surface area contributed by atoms with E-state index in [4.69, 9.17) is 0 Å². The third-order valence-electron chi connectivity index (χ3n) is 3.69. The number of halogens is 2. The first-order valence-electron chi connectivity index (χ1n) is 6.99. The van der Waals surface area contributed by atoms with Crippen LogP contribution in [0.2, 0.25) is 0 Å². The molecule has 0 radical (unpaired) electrons. The minimum atomic E-state index is 0. The second kappa shape index (κ2) is 10.7. The molecule has 0 saturated carbocycles. The van der Waals surface area contributed by atoms with E-state index in [2.05, 4.69) is 60.5 Å². The molecule has 1 aliphatic carbocycles. The molecule has 0 spiro atoms. The molecule has 0 fully saturated rings. The van der Waals surface area contributed by atoms with Crippen LogP contribution in [0.4, 0.5) is 0 Å². The molecule has 0 amide bonds. The smallest absolute Gasteiger partial charge is 1.00 e. The van der Waals surface area contributed by atoms with Gasteiger partial charge in [0.05, 0.1) is 0 Å². The first-order valence-corrected chi connectivity index (χ1v) is 6.99. The van der Waals surface area contributed by atoms with E-state index < -0.39 is 0 Å². The Morgan fingerprint density at radius 3 is 2.25 bits per heavy atom. The van der Waals surface area contributed by atoms with E-state index in [1.54, 1.807) is 12.7 Å². The van der Waals surface area contributed by atoms with Gasteiger partial charge >= 0.3 is 26.2 Å². The van der Waals surface area contributed by atoms with E-state index in [-0.39, 0.29) is 51.0 Å². The number of benzene rings is 1. The number of rotatable bonds is 1. The molecule has 1 heterocycles. The third kappa shape index (κ3) is 5.48. The Bertz CT molecular complexity index is 756. The van der Waals surface area contributed by atoms with Crippen molar-refractivity contribution in [3.05, 3.63) is 72.4 Å². The molecular formula is C18H17Cl2N3Zr. The molecule has 4 rings (SSSR count). The molecule has 2 aromatic carbocycles. The summed E-state index contributed by atoms with van der Waals surface area (Å²) >= 11 is 0. The molecule has 0 bridgehead atoms. The minimum absolute atomic E-state index is 0. The maximum absolute atomic E-state index is 3.78. The molecule has 1 aliphatic rings. The maximum Gasteiger partial charge on any atom is 4.00 e. The van der Waals surface area contributed by atoms with Crippen molar-refractivity contribution < 1.29 is 51.0 Å². The van der Waals surface area contributed by atoms with Gasteiger partial charge in [-0.25, -0.2) is 11.1 Å². The molecule has 1 aromatic heterocycles. The third-order valence-corrected chi connectivity index (χ3v) is 3.69. The summed E-state index contributed by atoms with van der Waals surface area (Å²) in [5.74, 6) is 0. The van der Waals surface area contributed by atoms with Crippen LogP contribution in [0.5, 0.6) is 0 Å². The first-order chi connectivity index (χ1) is 10.2. The summed E-state index contributed by atoms with van der Waals surface area (Å²) < 4.78 is 1.90. The molecule has 0 saturated heterocycles. The Kier molecular flexibility index (Phi) is 10.2. The summed E-state index contributed by atoms with van der Waals surface area (Å²) in [4.78, 5) is 0. The van der Waals surface area contributed by atoms with Crippen molar-refractivity contribution in [3.63, 3.8) is 0 Å². The topological polar surface area (TPSA) is 30.7 Å². The van der Waals surface area contributed by atoms with Crippen LogP contribution in [0.3, 0.4) is 0 Å². The van der Waals surface area contributed by atoms with Crippen molar-refractivity contribution in [2.45, 2.75) is 20.3 Å². The Morgan fingerprint density at radius 2 is 1.75 bits per heavy atom. The van der Waals surface area contributed by atoms with Crippen LogP contribution < -0.4 is 24.8 Å². The number of hydrogen-bond acceptors (Lipinski definition) is 2. The van der Waals surface area contributed by atoms with Gasteiger partial charge in [0, 0.05) is 0 Å². The summed E-state index contributed by atoms with van der Waals surface area (Å²) in [5.41, 5.74) is 3.82. The fourth-order valence-electron chi connectivity index (χ4n) is 2.27. The van der Waals surface area contributed by atoms with Gasteiger partial charge in [-0.1, -0.05) is 13.0 Å². The molecule has 122 valence electrons. The van der Waals surface area contributed by atoms with E-state index in [9.17, 15) is 0 Å². The van der Waals surface area contributed by atoms with E-state index in [0.717, 1.165) is 12.1 Å². The minimum Gasteiger partial charge on any atom is -1.00 e. The van der Waals surface area contributed by atoms with E-state index in [1.807, 2.05) is 16.7 Å². The Morgan fingerprint density at radius 1 is 1.08 bits per heavy atom. The van der Waals surface area contributed by atoms with Gasteiger partial charge in [-0.05, 0) is 5.69 Å². The number of aromatic nitrogens is 3. The number of hydrogen-bond donors (Lipinski definition) is 0. The van der Waals surface area contributed by atoms with Gasteiger partial charge in [0.2, 0.25) is 0 Å². The molecule has 0 atom stereocenters. The molecule has 0 N–H and O–H groups in total. The molecule has 3 nitrogen and oxygen atoms in total. The molecule has 24 heavy (non-hydrogen) atoms. The van der Waals surface area contributed by atoms with Gasteiger partial charge in [0.1, 0.15) is 12.7 Å². The van der Waals surface area contributed by atoms with Gasteiger partial charge < -0.3 is 29.4 Å². The van der Waals surface area contributed by atoms with Crippen LogP contribution >= 0.6 is 0 Å². The zero-order chi connectivity index (χ0) is 14.7. The zero-order valence-corrected chi connectivity index (χ0v) is 17.5. The Hall–Kier alpha value is -1.09. The van der Waals surface area contributed by atoms with Gasteiger partial charge in [-0.2, -0.15) is 6.08 Å². The maximum atomic E-state index is 3.78. The van der Waals surface area contributed by atoms with Crippen LogP contribution in [0.15, 0.2) is 66.3 Å². The van der Waals surface area contributed by atoms with Crippen molar-refractivity contribution in [1.29, 1.82) is 0 Å². The van der Waals surface area contributed by atoms with Gasteiger partial charge in [0.25, 0.3) is 0 Å². The van der Waals surface area contributed by atoms with Gasteiger partial charge in [-0.3, -0.25) is 6.08 Å². The summed E-state index contributed by atoms with van der Waals surface area (Å²) in [6, 6.07) is 12.5. The normalized spacial score (nSPS) is 11.9. The van der Waals surface area contributed by atoms with Crippen LogP contribution in [-0.4, -0.2) is 14.8 Å².